The number of carboxylic acids is 1. The van der Waals surface area contributed by atoms with Gasteiger partial charge < -0.3 is 9.84 Å². The number of rotatable bonds is 4. The van der Waals surface area contributed by atoms with Crippen molar-refractivity contribution in [2.24, 2.45) is 0 Å². The largest absolute Gasteiger partial charge is 0.489 e. The van der Waals surface area contributed by atoms with Crippen LogP contribution in [-0.2, 0) is 14.8 Å². The summed E-state index contributed by atoms with van der Waals surface area (Å²) >= 11 is 0. The van der Waals surface area contributed by atoms with Gasteiger partial charge in [0.25, 0.3) is 10.0 Å². The Hall–Kier alpha value is -3.06. The van der Waals surface area contributed by atoms with Crippen LogP contribution in [-0.4, -0.2) is 32.1 Å². The standard InChI is InChI=1S/C20H17NO5S/c22-20(23)12-16-13-26-19-8-4-3-7-18(19)21(16)27(24,25)17-10-9-14-5-1-2-6-15(14)11-17/h1-11,16H,12-13H2,(H,22,23)/t16-/m1/s1. The maximum Gasteiger partial charge on any atom is 0.305 e. The lowest BCUT2D eigenvalue weighted by atomic mass is 10.1. The van der Waals surface area contributed by atoms with Crippen molar-refractivity contribution in [3.63, 3.8) is 0 Å². The van der Waals surface area contributed by atoms with E-state index in [0.29, 0.717) is 11.4 Å². The Labute approximate surface area is 156 Å². The molecule has 0 fully saturated rings. The minimum Gasteiger partial charge on any atom is -0.489 e. The van der Waals surface area contributed by atoms with Crippen LogP contribution >= 0.6 is 0 Å². The van der Waals surface area contributed by atoms with Crippen LogP contribution in [0.2, 0.25) is 0 Å². The van der Waals surface area contributed by atoms with Crippen LogP contribution in [0.25, 0.3) is 10.8 Å². The number of anilines is 1. The lowest BCUT2D eigenvalue weighted by molar-refractivity contribution is -0.137. The van der Waals surface area contributed by atoms with Crippen molar-refractivity contribution in [1.29, 1.82) is 0 Å². The molecule has 0 saturated heterocycles. The van der Waals surface area contributed by atoms with Crippen molar-refractivity contribution in [3.8, 4) is 5.75 Å². The van der Waals surface area contributed by atoms with Gasteiger partial charge in [0.2, 0.25) is 0 Å². The molecule has 3 aromatic carbocycles. The minimum absolute atomic E-state index is 0.0177. The van der Waals surface area contributed by atoms with E-state index in [1.54, 1.807) is 42.5 Å². The van der Waals surface area contributed by atoms with E-state index in [0.717, 1.165) is 10.8 Å². The van der Waals surface area contributed by atoms with Crippen LogP contribution in [0, 0.1) is 0 Å². The fourth-order valence-electron chi connectivity index (χ4n) is 3.32. The van der Waals surface area contributed by atoms with Crippen LogP contribution in [0.1, 0.15) is 6.42 Å². The molecule has 1 aliphatic heterocycles. The molecule has 0 spiro atoms. The molecule has 0 radical (unpaired) electrons. The molecule has 27 heavy (non-hydrogen) atoms. The highest BCUT2D eigenvalue weighted by molar-refractivity contribution is 7.92. The molecular formula is C20H17NO5S. The van der Waals surface area contributed by atoms with Gasteiger partial charge in [-0.2, -0.15) is 0 Å². The van der Waals surface area contributed by atoms with E-state index in [1.807, 2.05) is 24.3 Å². The fourth-order valence-corrected chi connectivity index (χ4v) is 5.00. The SMILES string of the molecule is O=C(O)C[C@@H]1COc2ccccc2N1S(=O)(=O)c1ccc2ccccc2c1. The normalized spacial score (nSPS) is 16.6. The molecule has 0 saturated carbocycles. The second-order valence-electron chi connectivity index (χ2n) is 6.34. The van der Waals surface area contributed by atoms with E-state index in [2.05, 4.69) is 0 Å². The van der Waals surface area contributed by atoms with Gasteiger partial charge in [0.05, 0.1) is 23.0 Å². The molecule has 138 valence electrons. The topological polar surface area (TPSA) is 83.9 Å². The molecule has 0 unspecified atom stereocenters. The number of benzene rings is 3. The van der Waals surface area contributed by atoms with Crippen LogP contribution in [0.3, 0.4) is 0 Å². The molecule has 1 atom stereocenters. The zero-order valence-electron chi connectivity index (χ0n) is 14.3. The molecule has 0 aromatic heterocycles. The van der Waals surface area contributed by atoms with Crippen molar-refractivity contribution in [1.82, 2.24) is 0 Å². The van der Waals surface area contributed by atoms with Crippen LogP contribution < -0.4 is 9.04 Å². The van der Waals surface area contributed by atoms with Gasteiger partial charge in [0.15, 0.2) is 0 Å². The Kier molecular flexibility index (Phi) is 4.24. The van der Waals surface area contributed by atoms with E-state index >= 15 is 0 Å². The number of ether oxygens (including phenoxy) is 1. The molecule has 1 N–H and O–H groups in total. The summed E-state index contributed by atoms with van der Waals surface area (Å²) in [6.07, 6.45) is -0.346. The third kappa shape index (κ3) is 3.10. The first-order chi connectivity index (χ1) is 13.0. The number of para-hydroxylation sites is 2. The summed E-state index contributed by atoms with van der Waals surface area (Å²) in [4.78, 5) is 11.4. The number of carboxylic acid groups (broad SMARTS) is 1. The number of hydrogen-bond donors (Lipinski definition) is 1. The lowest BCUT2D eigenvalue weighted by Crippen LogP contribution is -2.47. The summed E-state index contributed by atoms with van der Waals surface area (Å²) in [5.74, 6) is -0.662. The summed E-state index contributed by atoms with van der Waals surface area (Å²) in [6, 6.07) is 18.3. The summed E-state index contributed by atoms with van der Waals surface area (Å²) in [7, 11) is -3.97. The molecule has 0 bridgehead atoms. The lowest BCUT2D eigenvalue weighted by Gasteiger charge is -2.36. The first kappa shape index (κ1) is 17.4. The number of sulfonamides is 1. The first-order valence-electron chi connectivity index (χ1n) is 8.44. The summed E-state index contributed by atoms with van der Waals surface area (Å²) in [5.41, 5.74) is 0.350. The van der Waals surface area contributed by atoms with E-state index in [4.69, 9.17) is 4.74 Å². The second-order valence-corrected chi connectivity index (χ2v) is 8.16. The van der Waals surface area contributed by atoms with Crippen molar-refractivity contribution >= 4 is 32.5 Å². The predicted molar refractivity (Wildman–Crippen MR) is 102 cm³/mol. The molecule has 1 heterocycles. The quantitative estimate of drug-likeness (QED) is 0.748. The number of hydrogen-bond acceptors (Lipinski definition) is 4. The van der Waals surface area contributed by atoms with E-state index in [-0.39, 0.29) is 17.9 Å². The molecule has 1 aliphatic rings. The van der Waals surface area contributed by atoms with Crippen LogP contribution in [0.15, 0.2) is 71.6 Å². The van der Waals surface area contributed by atoms with Gasteiger partial charge in [-0.1, -0.05) is 42.5 Å². The Morgan fingerprint density at radius 2 is 1.74 bits per heavy atom. The van der Waals surface area contributed by atoms with Gasteiger partial charge in [0, 0.05) is 0 Å². The van der Waals surface area contributed by atoms with Crippen molar-refractivity contribution in [3.05, 3.63) is 66.7 Å². The maximum absolute atomic E-state index is 13.5. The average molecular weight is 383 g/mol. The monoisotopic (exact) mass is 383 g/mol. The molecule has 0 aliphatic carbocycles. The predicted octanol–water partition coefficient (Wildman–Crippen LogP) is 3.27. The third-order valence-electron chi connectivity index (χ3n) is 4.55. The molecule has 7 heteroatoms. The van der Waals surface area contributed by atoms with Crippen LogP contribution in [0.4, 0.5) is 5.69 Å². The van der Waals surface area contributed by atoms with Gasteiger partial charge >= 0.3 is 5.97 Å². The van der Waals surface area contributed by atoms with E-state index in [9.17, 15) is 18.3 Å². The second kappa shape index (κ2) is 6.59. The molecular weight excluding hydrogens is 366 g/mol. The molecule has 0 amide bonds. The van der Waals surface area contributed by atoms with Crippen molar-refractivity contribution in [2.45, 2.75) is 17.4 Å². The number of nitrogens with zero attached hydrogens (tertiary/aromatic N) is 1. The number of aliphatic carboxylic acids is 1. The van der Waals surface area contributed by atoms with Gasteiger partial charge in [-0.05, 0) is 35.0 Å². The van der Waals surface area contributed by atoms with Crippen molar-refractivity contribution in [2.75, 3.05) is 10.9 Å². The summed E-state index contributed by atoms with van der Waals surface area (Å²) in [6.45, 7) is -0.0177. The average Bonchev–Trinajstić information content (AvgIpc) is 2.66. The zero-order valence-corrected chi connectivity index (χ0v) is 15.1. The molecule has 6 nitrogen and oxygen atoms in total. The Bertz CT molecular complexity index is 1130. The minimum atomic E-state index is -3.97. The Balaban J connectivity index is 1.86. The highest BCUT2D eigenvalue weighted by Gasteiger charge is 2.38. The fraction of sp³-hybridized carbons (Fsp3) is 0.150. The highest BCUT2D eigenvalue weighted by Crippen LogP contribution is 2.38. The van der Waals surface area contributed by atoms with Gasteiger partial charge in [-0.25, -0.2) is 8.42 Å². The van der Waals surface area contributed by atoms with Gasteiger partial charge in [-0.3, -0.25) is 9.10 Å². The summed E-state index contributed by atoms with van der Waals surface area (Å²) in [5, 5.41) is 11.0. The van der Waals surface area contributed by atoms with E-state index in [1.165, 1.54) is 4.31 Å². The third-order valence-corrected chi connectivity index (χ3v) is 6.42. The Morgan fingerprint density at radius 1 is 1.04 bits per heavy atom. The molecule has 4 rings (SSSR count). The molecule has 3 aromatic rings. The zero-order chi connectivity index (χ0) is 19.0. The maximum atomic E-state index is 13.5. The van der Waals surface area contributed by atoms with Crippen molar-refractivity contribution < 1.29 is 23.1 Å². The van der Waals surface area contributed by atoms with Crippen LogP contribution in [0.5, 0.6) is 5.75 Å². The number of carbonyl (C=O) groups is 1. The first-order valence-corrected chi connectivity index (χ1v) is 9.88. The number of fused-ring (bicyclic) bond motifs is 2. The Morgan fingerprint density at radius 3 is 2.52 bits per heavy atom. The van der Waals surface area contributed by atoms with E-state index < -0.39 is 22.0 Å². The van der Waals surface area contributed by atoms with Gasteiger partial charge in [0.1, 0.15) is 12.4 Å². The van der Waals surface area contributed by atoms with Gasteiger partial charge in [-0.15, -0.1) is 0 Å². The smallest absolute Gasteiger partial charge is 0.305 e. The highest BCUT2D eigenvalue weighted by atomic mass is 32.2. The summed E-state index contributed by atoms with van der Waals surface area (Å²) < 4.78 is 33.7.